The number of halogens is 3. The van der Waals surface area contributed by atoms with Crippen LogP contribution >= 0.6 is 11.8 Å². The van der Waals surface area contributed by atoms with E-state index in [2.05, 4.69) is 20.4 Å². The van der Waals surface area contributed by atoms with Crippen molar-refractivity contribution in [1.82, 2.24) is 25.2 Å². The average Bonchev–Trinajstić information content (AvgIpc) is 2.83. The molecule has 2 heterocycles. The van der Waals surface area contributed by atoms with E-state index in [0.29, 0.717) is 11.6 Å². The molecule has 0 spiro atoms. The predicted octanol–water partition coefficient (Wildman–Crippen LogP) is 1.16. The van der Waals surface area contributed by atoms with E-state index in [-0.39, 0.29) is 17.0 Å². The average molecular weight is 332 g/mol. The normalized spacial score (nSPS) is 11.6. The van der Waals surface area contributed by atoms with Gasteiger partial charge in [0, 0.05) is 5.75 Å². The molecule has 0 aliphatic rings. The highest BCUT2D eigenvalue weighted by molar-refractivity contribution is 7.97. The van der Waals surface area contributed by atoms with Crippen LogP contribution in [0.4, 0.5) is 13.2 Å². The Morgan fingerprint density at radius 1 is 1.36 bits per heavy atom. The third-order valence-corrected chi connectivity index (χ3v) is 3.49. The number of nitrogens with zero attached hydrogens (tertiary/aromatic N) is 5. The van der Waals surface area contributed by atoms with Gasteiger partial charge < -0.3 is 5.73 Å². The van der Waals surface area contributed by atoms with E-state index in [9.17, 15) is 18.0 Å². The minimum atomic E-state index is -4.58. The van der Waals surface area contributed by atoms with Crippen LogP contribution in [0, 0.1) is 0 Å². The number of aryl methyl sites for hydroxylation is 1. The lowest BCUT2D eigenvalue weighted by atomic mass is 10.1. The van der Waals surface area contributed by atoms with Crippen molar-refractivity contribution in [3.8, 4) is 0 Å². The number of amides is 1. The maximum Gasteiger partial charge on any atom is 0.433 e. The fourth-order valence-corrected chi connectivity index (χ4v) is 2.43. The first-order chi connectivity index (χ1) is 10.3. The molecule has 2 N–H and O–H groups in total. The molecule has 0 aliphatic carbocycles. The van der Waals surface area contributed by atoms with E-state index >= 15 is 0 Å². The molecule has 0 aromatic carbocycles. The van der Waals surface area contributed by atoms with E-state index in [4.69, 9.17) is 5.73 Å². The Balaban J connectivity index is 2.14. The zero-order valence-electron chi connectivity index (χ0n) is 11.3. The highest BCUT2D eigenvalue weighted by atomic mass is 32.2. The number of alkyl halides is 3. The molecule has 2 rings (SSSR count). The minimum absolute atomic E-state index is 0.0174. The molecule has 0 unspecified atom stereocenters. The van der Waals surface area contributed by atoms with Crippen LogP contribution in [0.5, 0.6) is 0 Å². The largest absolute Gasteiger partial charge is 0.433 e. The van der Waals surface area contributed by atoms with Crippen molar-refractivity contribution in [2.24, 2.45) is 12.8 Å². The number of tetrazole rings is 1. The summed E-state index contributed by atoms with van der Waals surface area (Å²) < 4.78 is 38.0. The number of thioether (sulfide) groups is 1. The van der Waals surface area contributed by atoms with Gasteiger partial charge in [0.25, 0.3) is 5.91 Å². The molecule has 7 nitrogen and oxygen atoms in total. The van der Waals surface area contributed by atoms with Crippen LogP contribution in [0.2, 0.25) is 0 Å². The summed E-state index contributed by atoms with van der Waals surface area (Å²) in [5.74, 6) is -0.000663. The van der Waals surface area contributed by atoms with Gasteiger partial charge in [0.2, 0.25) is 0 Å². The molecule has 2 aromatic heterocycles. The first-order valence-electron chi connectivity index (χ1n) is 5.95. The minimum Gasteiger partial charge on any atom is -0.366 e. The van der Waals surface area contributed by atoms with Gasteiger partial charge in [-0.2, -0.15) is 18.0 Å². The molecule has 22 heavy (non-hydrogen) atoms. The maximum absolute atomic E-state index is 12.7. The van der Waals surface area contributed by atoms with Crippen molar-refractivity contribution < 1.29 is 18.0 Å². The second kappa shape index (κ2) is 6.30. The summed E-state index contributed by atoms with van der Waals surface area (Å²) in [7, 11) is 1.60. The Morgan fingerprint density at radius 3 is 2.64 bits per heavy atom. The number of hydrogen-bond acceptors (Lipinski definition) is 6. The number of rotatable bonds is 5. The Labute approximate surface area is 127 Å². The van der Waals surface area contributed by atoms with Gasteiger partial charge in [-0.3, -0.25) is 4.79 Å². The number of primary amides is 1. The van der Waals surface area contributed by atoms with Gasteiger partial charge in [-0.05, 0) is 17.3 Å². The van der Waals surface area contributed by atoms with E-state index in [1.165, 1.54) is 16.6 Å². The predicted molar refractivity (Wildman–Crippen MR) is 71.6 cm³/mol. The fraction of sp³-hybridized carbons (Fsp3) is 0.364. The monoisotopic (exact) mass is 332 g/mol. The van der Waals surface area contributed by atoms with Crippen LogP contribution in [-0.4, -0.2) is 31.1 Å². The Kier molecular flexibility index (Phi) is 4.64. The van der Waals surface area contributed by atoms with Crippen LogP contribution in [0.25, 0.3) is 0 Å². The van der Waals surface area contributed by atoms with Gasteiger partial charge in [0.1, 0.15) is 5.69 Å². The standard InChI is InChI=1S/C11H11F3N6OS/c1-20-18-9(17-19-20)5-22-4-7-6(10(15)21)2-3-8(16-7)11(12,13)14/h2-3H,4-5H2,1H3,(H2,15,21). The van der Waals surface area contributed by atoms with E-state index in [0.717, 1.165) is 12.1 Å². The Bertz CT molecular complexity index is 687. The summed E-state index contributed by atoms with van der Waals surface area (Å²) in [6, 6.07) is 1.77. The van der Waals surface area contributed by atoms with Gasteiger partial charge in [-0.25, -0.2) is 4.98 Å². The van der Waals surface area contributed by atoms with Crippen molar-refractivity contribution in [3.05, 3.63) is 34.9 Å². The zero-order chi connectivity index (χ0) is 16.3. The molecule has 0 fully saturated rings. The molecular formula is C11H11F3N6OS. The van der Waals surface area contributed by atoms with Gasteiger partial charge in [-0.15, -0.1) is 22.0 Å². The van der Waals surface area contributed by atoms with Crippen LogP contribution in [0.3, 0.4) is 0 Å². The summed E-state index contributed by atoms with van der Waals surface area (Å²) >= 11 is 1.21. The summed E-state index contributed by atoms with van der Waals surface area (Å²) in [5, 5.41) is 11.3. The Hall–Kier alpha value is -2.17. The van der Waals surface area contributed by atoms with Gasteiger partial charge in [0.15, 0.2) is 5.82 Å². The summed E-state index contributed by atoms with van der Waals surface area (Å²) in [6.45, 7) is 0. The van der Waals surface area contributed by atoms with Gasteiger partial charge in [-0.1, -0.05) is 0 Å². The van der Waals surface area contributed by atoms with Crippen LogP contribution in [0.1, 0.15) is 27.6 Å². The first-order valence-corrected chi connectivity index (χ1v) is 7.10. The molecule has 0 aliphatic heterocycles. The van der Waals surface area contributed by atoms with Crippen LogP contribution < -0.4 is 5.73 Å². The SMILES string of the molecule is Cn1nnc(CSCc2nc(C(F)(F)F)ccc2C(N)=O)n1. The molecule has 0 saturated heterocycles. The second-order valence-electron chi connectivity index (χ2n) is 4.24. The van der Waals surface area contributed by atoms with Crippen molar-refractivity contribution >= 4 is 17.7 Å². The summed E-state index contributed by atoms with van der Waals surface area (Å²) in [6.07, 6.45) is -4.58. The maximum atomic E-state index is 12.7. The molecule has 0 atom stereocenters. The third-order valence-electron chi connectivity index (χ3n) is 2.55. The van der Waals surface area contributed by atoms with Crippen LogP contribution in [0.15, 0.2) is 12.1 Å². The quantitative estimate of drug-likeness (QED) is 0.882. The van der Waals surface area contributed by atoms with Gasteiger partial charge in [0.05, 0.1) is 24.1 Å². The van der Waals surface area contributed by atoms with Crippen molar-refractivity contribution in [2.75, 3.05) is 0 Å². The van der Waals surface area contributed by atoms with E-state index in [1.807, 2.05) is 0 Å². The summed E-state index contributed by atoms with van der Waals surface area (Å²) in [5.41, 5.74) is 4.04. The summed E-state index contributed by atoms with van der Waals surface area (Å²) in [4.78, 5) is 16.0. The molecular weight excluding hydrogens is 321 g/mol. The smallest absolute Gasteiger partial charge is 0.366 e. The van der Waals surface area contributed by atoms with E-state index < -0.39 is 17.8 Å². The fourth-order valence-electron chi connectivity index (χ4n) is 1.61. The molecule has 1 amide bonds. The highest BCUT2D eigenvalue weighted by Gasteiger charge is 2.33. The molecule has 0 radical (unpaired) electrons. The van der Waals surface area contributed by atoms with Crippen molar-refractivity contribution in [2.45, 2.75) is 17.7 Å². The number of pyridine rings is 1. The first kappa shape index (κ1) is 16.2. The molecule has 2 aromatic rings. The topological polar surface area (TPSA) is 99.6 Å². The third kappa shape index (κ3) is 3.93. The lowest BCUT2D eigenvalue weighted by Gasteiger charge is -2.10. The molecule has 118 valence electrons. The zero-order valence-corrected chi connectivity index (χ0v) is 12.1. The number of carbonyl (C=O) groups excluding carboxylic acids is 1. The Morgan fingerprint density at radius 2 is 2.09 bits per heavy atom. The molecule has 11 heteroatoms. The van der Waals surface area contributed by atoms with Crippen molar-refractivity contribution in [1.29, 1.82) is 0 Å². The number of hydrogen-bond donors (Lipinski definition) is 1. The van der Waals surface area contributed by atoms with Crippen molar-refractivity contribution in [3.63, 3.8) is 0 Å². The number of carbonyl (C=O) groups is 1. The lowest BCUT2D eigenvalue weighted by Crippen LogP contribution is -2.17. The molecule has 0 bridgehead atoms. The van der Waals surface area contributed by atoms with Crippen LogP contribution in [-0.2, 0) is 24.7 Å². The molecule has 0 saturated carbocycles. The second-order valence-corrected chi connectivity index (χ2v) is 5.23. The number of nitrogens with two attached hydrogens (primary N) is 1. The van der Waals surface area contributed by atoms with Gasteiger partial charge >= 0.3 is 6.18 Å². The van der Waals surface area contributed by atoms with E-state index in [1.54, 1.807) is 7.05 Å². The highest BCUT2D eigenvalue weighted by Crippen LogP contribution is 2.29. The number of aromatic nitrogens is 5. The lowest BCUT2D eigenvalue weighted by molar-refractivity contribution is -0.141.